The molecule has 1 atom stereocenters. The molecule has 1 heterocycles. The van der Waals surface area contributed by atoms with Gasteiger partial charge < -0.3 is 14.6 Å². The molecular weight excluding hydrogens is 371 g/mol. The van der Waals surface area contributed by atoms with Crippen LogP contribution in [0.15, 0.2) is 42.5 Å². The van der Waals surface area contributed by atoms with Crippen molar-refractivity contribution in [3.05, 3.63) is 59.4 Å². The molecule has 1 aliphatic heterocycles. The Hall–Kier alpha value is -2.15. The van der Waals surface area contributed by atoms with Crippen molar-refractivity contribution in [1.29, 1.82) is 0 Å². The van der Waals surface area contributed by atoms with E-state index in [4.69, 9.17) is 9.47 Å². The van der Waals surface area contributed by atoms with Crippen LogP contribution in [0.1, 0.15) is 24.5 Å². The predicted octanol–water partition coefficient (Wildman–Crippen LogP) is 3.30. The van der Waals surface area contributed by atoms with Crippen LogP contribution in [0.5, 0.6) is 11.5 Å². The van der Waals surface area contributed by atoms with Crippen LogP contribution in [-0.2, 0) is 13.1 Å². The lowest BCUT2D eigenvalue weighted by Gasteiger charge is -2.41. The Bertz CT molecular complexity index is 786. The quantitative estimate of drug-likeness (QED) is 0.697. The molecule has 2 aromatic rings. The highest BCUT2D eigenvalue weighted by Crippen LogP contribution is 2.25. The number of aliphatic hydroxyl groups excluding tert-OH is 1. The smallest absolute Gasteiger partial charge is 0.165 e. The molecule has 1 fully saturated rings. The lowest BCUT2D eigenvalue weighted by Crippen LogP contribution is -2.52. The SMILES string of the molecule is CCOc1ccccc1CN1CCN(Cc2ccc(F)c(OC)c2)C[C@H]1CCO. The van der Waals surface area contributed by atoms with Crippen LogP contribution in [0.3, 0.4) is 0 Å². The van der Waals surface area contributed by atoms with Crippen LogP contribution in [0.4, 0.5) is 4.39 Å². The van der Waals surface area contributed by atoms with Crippen molar-refractivity contribution < 1.29 is 19.0 Å². The van der Waals surface area contributed by atoms with Crippen molar-refractivity contribution in [3.63, 3.8) is 0 Å². The van der Waals surface area contributed by atoms with Gasteiger partial charge in [0.15, 0.2) is 11.6 Å². The Balaban J connectivity index is 1.66. The van der Waals surface area contributed by atoms with Gasteiger partial charge >= 0.3 is 0 Å². The van der Waals surface area contributed by atoms with Crippen molar-refractivity contribution in [2.45, 2.75) is 32.5 Å². The van der Waals surface area contributed by atoms with Crippen molar-refractivity contribution in [3.8, 4) is 11.5 Å². The molecule has 0 saturated carbocycles. The number of nitrogens with zero attached hydrogens (tertiary/aromatic N) is 2. The average Bonchev–Trinajstić information content (AvgIpc) is 2.73. The standard InChI is InChI=1S/C23H31FN2O3/c1-3-29-22-7-5-4-6-19(22)16-26-12-11-25(17-20(26)10-13-27)15-18-8-9-21(24)23(14-18)28-2/h4-9,14,20,27H,3,10-13,15-17H2,1-2H3/t20-/m1/s1. The molecule has 3 rings (SSSR count). The van der Waals surface area contributed by atoms with E-state index in [0.29, 0.717) is 6.61 Å². The van der Waals surface area contributed by atoms with Gasteiger partial charge in [-0.25, -0.2) is 4.39 Å². The van der Waals surface area contributed by atoms with Crippen molar-refractivity contribution in [2.75, 3.05) is 40.0 Å². The van der Waals surface area contributed by atoms with Crippen LogP contribution in [-0.4, -0.2) is 60.9 Å². The van der Waals surface area contributed by atoms with E-state index in [9.17, 15) is 9.50 Å². The third-order valence-electron chi connectivity index (χ3n) is 5.42. The summed E-state index contributed by atoms with van der Waals surface area (Å²) in [5.41, 5.74) is 2.20. The zero-order valence-corrected chi connectivity index (χ0v) is 17.3. The Labute approximate surface area is 172 Å². The number of benzene rings is 2. The van der Waals surface area contributed by atoms with E-state index >= 15 is 0 Å². The highest BCUT2D eigenvalue weighted by atomic mass is 19.1. The number of rotatable bonds is 9. The fraction of sp³-hybridized carbons (Fsp3) is 0.478. The second-order valence-corrected chi connectivity index (χ2v) is 7.38. The third-order valence-corrected chi connectivity index (χ3v) is 5.42. The minimum absolute atomic E-state index is 0.159. The first kappa shape index (κ1) is 21.6. The van der Waals surface area contributed by atoms with Gasteiger partial charge in [0.25, 0.3) is 0 Å². The molecule has 0 aromatic heterocycles. The largest absolute Gasteiger partial charge is 0.494 e. The zero-order valence-electron chi connectivity index (χ0n) is 17.3. The van der Waals surface area contributed by atoms with Crippen LogP contribution in [0.25, 0.3) is 0 Å². The van der Waals surface area contributed by atoms with Gasteiger partial charge in [-0.2, -0.15) is 0 Å². The molecule has 158 valence electrons. The zero-order chi connectivity index (χ0) is 20.6. The maximum Gasteiger partial charge on any atom is 0.165 e. The molecule has 0 bridgehead atoms. The summed E-state index contributed by atoms with van der Waals surface area (Å²) in [5.74, 6) is 0.867. The first-order valence-electron chi connectivity index (χ1n) is 10.2. The van der Waals surface area contributed by atoms with Crippen LogP contribution < -0.4 is 9.47 Å². The molecule has 5 nitrogen and oxygen atoms in total. The number of para-hydroxylation sites is 1. The maximum absolute atomic E-state index is 13.7. The molecule has 1 aliphatic rings. The van der Waals surface area contributed by atoms with Crippen LogP contribution in [0, 0.1) is 5.82 Å². The fourth-order valence-corrected chi connectivity index (χ4v) is 3.94. The van der Waals surface area contributed by atoms with Gasteiger partial charge in [-0.15, -0.1) is 0 Å². The highest BCUT2D eigenvalue weighted by molar-refractivity contribution is 5.33. The molecule has 0 radical (unpaired) electrons. The van der Waals surface area contributed by atoms with E-state index in [1.807, 2.05) is 31.2 Å². The first-order chi connectivity index (χ1) is 14.1. The molecule has 6 heteroatoms. The first-order valence-corrected chi connectivity index (χ1v) is 10.2. The monoisotopic (exact) mass is 402 g/mol. The average molecular weight is 403 g/mol. The van der Waals surface area contributed by atoms with Crippen molar-refractivity contribution in [1.82, 2.24) is 9.80 Å². The number of halogens is 1. The lowest BCUT2D eigenvalue weighted by atomic mass is 10.1. The lowest BCUT2D eigenvalue weighted by molar-refractivity contribution is 0.0494. The number of methoxy groups -OCH3 is 1. The molecule has 1 N–H and O–H groups in total. The predicted molar refractivity (Wildman–Crippen MR) is 112 cm³/mol. The topological polar surface area (TPSA) is 45.2 Å². The summed E-state index contributed by atoms with van der Waals surface area (Å²) in [5, 5.41) is 9.59. The van der Waals surface area contributed by atoms with Crippen LogP contribution >= 0.6 is 0 Å². The van der Waals surface area contributed by atoms with E-state index in [-0.39, 0.29) is 24.2 Å². The Kier molecular flexibility index (Phi) is 7.86. The van der Waals surface area contributed by atoms with Gasteiger partial charge in [-0.1, -0.05) is 24.3 Å². The van der Waals surface area contributed by atoms with Crippen LogP contribution in [0.2, 0.25) is 0 Å². The summed E-state index contributed by atoms with van der Waals surface area (Å²) in [6.07, 6.45) is 0.722. The van der Waals surface area contributed by atoms with E-state index < -0.39 is 0 Å². The molecule has 0 aliphatic carbocycles. The molecule has 0 spiro atoms. The number of aliphatic hydroxyl groups is 1. The Morgan fingerprint density at radius 3 is 2.69 bits per heavy atom. The number of piperazine rings is 1. The van der Waals surface area contributed by atoms with E-state index in [1.165, 1.54) is 18.7 Å². The van der Waals surface area contributed by atoms with Gasteiger partial charge in [0.2, 0.25) is 0 Å². The van der Waals surface area contributed by atoms with Gasteiger partial charge in [0.05, 0.1) is 13.7 Å². The minimum atomic E-state index is -0.341. The van der Waals surface area contributed by atoms with Crippen molar-refractivity contribution in [2.24, 2.45) is 0 Å². The molecule has 1 saturated heterocycles. The second-order valence-electron chi connectivity index (χ2n) is 7.38. The van der Waals surface area contributed by atoms with E-state index in [0.717, 1.165) is 50.5 Å². The van der Waals surface area contributed by atoms with Gasteiger partial charge in [0, 0.05) is 50.9 Å². The van der Waals surface area contributed by atoms with Gasteiger partial charge in [0.1, 0.15) is 5.75 Å². The van der Waals surface area contributed by atoms with E-state index in [2.05, 4.69) is 15.9 Å². The minimum Gasteiger partial charge on any atom is -0.494 e. The Morgan fingerprint density at radius 1 is 1.10 bits per heavy atom. The summed E-state index contributed by atoms with van der Waals surface area (Å²) in [6, 6.07) is 13.4. The summed E-state index contributed by atoms with van der Waals surface area (Å²) >= 11 is 0. The maximum atomic E-state index is 13.7. The normalized spacial score (nSPS) is 18.0. The van der Waals surface area contributed by atoms with Gasteiger partial charge in [-0.05, 0) is 37.1 Å². The summed E-state index contributed by atoms with van der Waals surface area (Å²) in [6.45, 7) is 7.02. The third kappa shape index (κ3) is 5.69. The summed E-state index contributed by atoms with van der Waals surface area (Å²) < 4.78 is 24.6. The number of ether oxygens (including phenoxy) is 2. The molecule has 0 amide bonds. The highest BCUT2D eigenvalue weighted by Gasteiger charge is 2.27. The fourth-order valence-electron chi connectivity index (χ4n) is 3.94. The number of hydrogen-bond donors (Lipinski definition) is 1. The molecule has 29 heavy (non-hydrogen) atoms. The van der Waals surface area contributed by atoms with Crippen molar-refractivity contribution >= 4 is 0 Å². The second kappa shape index (κ2) is 10.6. The molecule has 2 aromatic carbocycles. The molecule has 0 unspecified atom stereocenters. The number of hydrogen-bond acceptors (Lipinski definition) is 5. The molecular formula is C23H31FN2O3. The summed E-state index contributed by atoms with van der Waals surface area (Å²) in [7, 11) is 1.48. The van der Waals surface area contributed by atoms with Gasteiger partial charge in [-0.3, -0.25) is 9.80 Å². The Morgan fingerprint density at radius 2 is 1.93 bits per heavy atom. The summed E-state index contributed by atoms with van der Waals surface area (Å²) in [4.78, 5) is 4.79. The van der Waals surface area contributed by atoms with E-state index in [1.54, 1.807) is 6.07 Å².